The lowest BCUT2D eigenvalue weighted by atomic mass is 10.1. The number of carbonyl (C=O) groups excluding carboxylic acids is 3. The maximum Gasteiger partial charge on any atom is 0.410 e. The van der Waals surface area contributed by atoms with Crippen LogP contribution in [0.1, 0.15) is 42.4 Å². The second-order valence-corrected chi connectivity index (χ2v) is 11.0. The molecule has 2 atom stereocenters. The van der Waals surface area contributed by atoms with E-state index in [0.29, 0.717) is 29.8 Å². The number of amides is 2. The van der Waals surface area contributed by atoms with Gasteiger partial charge in [-0.05, 0) is 37.0 Å². The van der Waals surface area contributed by atoms with E-state index in [-0.39, 0.29) is 18.1 Å². The summed E-state index contributed by atoms with van der Waals surface area (Å²) in [5.74, 6) is -2.65. The first-order valence-electron chi connectivity index (χ1n) is 12.2. The highest BCUT2D eigenvalue weighted by atomic mass is 32.2. The number of sulfone groups is 1. The average Bonchev–Trinajstić information content (AvgIpc) is 3.57. The second kappa shape index (κ2) is 11.5. The molecule has 1 N–H and O–H groups in total. The number of nitrogens with one attached hydrogen (secondary N) is 1. The molecule has 1 aliphatic rings. The van der Waals surface area contributed by atoms with Crippen molar-refractivity contribution < 1.29 is 32.0 Å². The first kappa shape index (κ1) is 26.3. The summed E-state index contributed by atoms with van der Waals surface area (Å²) < 4.78 is 36.8. The summed E-state index contributed by atoms with van der Waals surface area (Å²) in [5, 5.41) is 2.54. The van der Waals surface area contributed by atoms with E-state index in [9.17, 15) is 22.8 Å². The van der Waals surface area contributed by atoms with Crippen LogP contribution in [0.2, 0.25) is 0 Å². The predicted molar refractivity (Wildman–Crippen MR) is 136 cm³/mol. The van der Waals surface area contributed by atoms with Crippen molar-refractivity contribution in [2.24, 2.45) is 0 Å². The largest absolute Gasteiger partial charge is 0.435 e. The molecule has 0 spiro atoms. The number of fused-ring (bicyclic) bond motifs is 1. The minimum atomic E-state index is -3.85. The van der Waals surface area contributed by atoms with Gasteiger partial charge in [0.05, 0.1) is 17.5 Å². The van der Waals surface area contributed by atoms with Crippen LogP contribution in [0, 0.1) is 0 Å². The van der Waals surface area contributed by atoms with Crippen LogP contribution in [0.4, 0.5) is 4.79 Å². The molecule has 1 aliphatic heterocycles. The van der Waals surface area contributed by atoms with Gasteiger partial charge in [-0.15, -0.1) is 0 Å². The van der Waals surface area contributed by atoms with Crippen LogP contribution in [0.25, 0.3) is 11.1 Å². The van der Waals surface area contributed by atoms with Crippen LogP contribution in [0.5, 0.6) is 0 Å². The molecular formula is C26H29N3O7S. The summed E-state index contributed by atoms with van der Waals surface area (Å²) >= 11 is 0. The van der Waals surface area contributed by atoms with Gasteiger partial charge in [0.25, 0.3) is 11.8 Å². The van der Waals surface area contributed by atoms with E-state index >= 15 is 0 Å². The Morgan fingerprint density at radius 1 is 1.05 bits per heavy atom. The number of likely N-dealkylation sites (tertiary alicyclic amines) is 1. The Morgan fingerprint density at radius 2 is 1.73 bits per heavy atom. The fourth-order valence-electron chi connectivity index (χ4n) is 4.12. The van der Waals surface area contributed by atoms with Gasteiger partial charge in [0.15, 0.2) is 21.5 Å². The third kappa shape index (κ3) is 6.73. The van der Waals surface area contributed by atoms with Gasteiger partial charge in [-0.1, -0.05) is 49.4 Å². The fourth-order valence-corrected chi connectivity index (χ4v) is 5.62. The zero-order valence-corrected chi connectivity index (χ0v) is 21.3. The molecule has 4 rings (SSSR count). The van der Waals surface area contributed by atoms with Crippen LogP contribution >= 0.6 is 0 Å². The number of oxazole rings is 1. The second-order valence-electron chi connectivity index (χ2n) is 8.93. The highest BCUT2D eigenvalue weighted by molar-refractivity contribution is 7.90. The molecular weight excluding hydrogens is 498 g/mol. The molecule has 2 heterocycles. The van der Waals surface area contributed by atoms with E-state index in [1.807, 2.05) is 0 Å². The first-order chi connectivity index (χ1) is 17.8. The number of nitrogens with zero attached hydrogens (tertiary/aromatic N) is 2. The molecule has 0 radical (unpaired) electrons. The van der Waals surface area contributed by atoms with Crippen LogP contribution in [-0.2, 0) is 25.1 Å². The number of benzene rings is 2. The SMILES string of the molecule is CC[C@H](NC(=O)[C@H](CS(=O)(=O)Cc1ccccc1)OC(=O)N1CCCC1)C(=O)c1nc2ccccc2o1. The summed E-state index contributed by atoms with van der Waals surface area (Å²) in [6.45, 7) is 2.62. The first-order valence-corrected chi connectivity index (χ1v) is 14.0. The number of rotatable bonds is 10. The molecule has 1 fully saturated rings. The topological polar surface area (TPSA) is 136 Å². The Labute approximate surface area is 214 Å². The van der Waals surface area contributed by atoms with E-state index in [2.05, 4.69) is 10.3 Å². The minimum absolute atomic E-state index is 0.171. The predicted octanol–water partition coefficient (Wildman–Crippen LogP) is 3.12. The van der Waals surface area contributed by atoms with E-state index in [1.54, 1.807) is 61.5 Å². The molecule has 2 amide bonds. The Bertz CT molecular complexity index is 1330. The van der Waals surface area contributed by atoms with E-state index in [0.717, 1.165) is 12.8 Å². The van der Waals surface area contributed by atoms with Crippen molar-refractivity contribution in [3.63, 3.8) is 0 Å². The van der Waals surface area contributed by atoms with Crippen LogP contribution in [-0.4, -0.2) is 67.1 Å². The van der Waals surface area contributed by atoms with Gasteiger partial charge < -0.3 is 19.4 Å². The van der Waals surface area contributed by atoms with Gasteiger partial charge >= 0.3 is 6.09 Å². The number of ether oxygens (including phenoxy) is 1. The molecule has 2 aromatic carbocycles. The number of Topliss-reactive ketones (excluding diaryl/α,β-unsaturated/α-hetero) is 1. The summed E-state index contributed by atoms with van der Waals surface area (Å²) in [7, 11) is -3.85. The number of aromatic nitrogens is 1. The van der Waals surface area contributed by atoms with Crippen molar-refractivity contribution in [3.05, 3.63) is 66.1 Å². The molecule has 0 unspecified atom stereocenters. The van der Waals surface area contributed by atoms with E-state index < -0.39 is 45.5 Å². The van der Waals surface area contributed by atoms with E-state index in [4.69, 9.17) is 9.15 Å². The highest BCUT2D eigenvalue weighted by Gasteiger charge is 2.34. The van der Waals surface area contributed by atoms with Crippen molar-refractivity contribution in [1.29, 1.82) is 0 Å². The molecule has 0 saturated carbocycles. The lowest BCUT2D eigenvalue weighted by Gasteiger charge is -2.23. The molecule has 1 aromatic heterocycles. The van der Waals surface area contributed by atoms with Gasteiger partial charge in [0, 0.05) is 13.1 Å². The Kier molecular flexibility index (Phi) is 8.22. The zero-order chi connectivity index (χ0) is 26.4. The lowest BCUT2D eigenvalue weighted by Crippen LogP contribution is -2.49. The molecule has 3 aromatic rings. The monoisotopic (exact) mass is 527 g/mol. The lowest BCUT2D eigenvalue weighted by molar-refractivity contribution is -0.129. The molecule has 0 bridgehead atoms. The summed E-state index contributed by atoms with van der Waals surface area (Å²) in [5.41, 5.74) is 1.47. The number of ketones is 1. The van der Waals surface area contributed by atoms with Gasteiger partial charge in [0.2, 0.25) is 5.78 Å². The van der Waals surface area contributed by atoms with Gasteiger partial charge in [-0.25, -0.2) is 18.2 Å². The standard InChI is InChI=1S/C26H29N3O7S/c1-2-19(23(30)25-28-20-12-6-7-13-21(20)35-25)27-24(31)22(36-26(32)29-14-8-9-15-29)17-37(33,34)16-18-10-4-3-5-11-18/h3-7,10-13,19,22H,2,8-9,14-17H2,1H3,(H,27,31)/t19-,22-/m0/s1. The van der Waals surface area contributed by atoms with Gasteiger partial charge in [0.1, 0.15) is 5.52 Å². The maximum absolute atomic E-state index is 13.2. The van der Waals surface area contributed by atoms with Crippen molar-refractivity contribution in [2.75, 3.05) is 18.8 Å². The quantitative estimate of drug-likeness (QED) is 0.397. The summed E-state index contributed by atoms with van der Waals surface area (Å²) in [6, 6.07) is 14.3. The Morgan fingerprint density at radius 3 is 2.41 bits per heavy atom. The third-order valence-corrected chi connectivity index (χ3v) is 7.66. The molecule has 0 aliphatic carbocycles. The minimum Gasteiger partial charge on any atom is -0.435 e. The third-order valence-electron chi connectivity index (χ3n) is 6.08. The van der Waals surface area contributed by atoms with Crippen molar-refractivity contribution in [2.45, 2.75) is 44.1 Å². The Balaban J connectivity index is 1.51. The summed E-state index contributed by atoms with van der Waals surface area (Å²) in [6.07, 6.45) is -0.602. The van der Waals surface area contributed by atoms with Crippen molar-refractivity contribution in [3.8, 4) is 0 Å². The smallest absolute Gasteiger partial charge is 0.410 e. The average molecular weight is 528 g/mol. The Hall–Kier alpha value is -3.73. The molecule has 196 valence electrons. The maximum atomic E-state index is 13.2. The van der Waals surface area contributed by atoms with Crippen LogP contribution in [0.3, 0.4) is 0 Å². The summed E-state index contributed by atoms with van der Waals surface area (Å²) in [4.78, 5) is 44.6. The van der Waals surface area contributed by atoms with Crippen LogP contribution in [0.15, 0.2) is 59.0 Å². The molecule has 11 heteroatoms. The number of hydrogen-bond donors (Lipinski definition) is 1. The number of hydrogen-bond acceptors (Lipinski definition) is 8. The molecule has 37 heavy (non-hydrogen) atoms. The fraction of sp³-hybridized carbons (Fsp3) is 0.385. The zero-order valence-electron chi connectivity index (χ0n) is 20.5. The van der Waals surface area contributed by atoms with Crippen molar-refractivity contribution >= 4 is 38.7 Å². The van der Waals surface area contributed by atoms with Crippen LogP contribution < -0.4 is 5.32 Å². The molecule has 10 nitrogen and oxygen atoms in total. The van der Waals surface area contributed by atoms with Crippen molar-refractivity contribution in [1.82, 2.24) is 15.2 Å². The number of para-hydroxylation sites is 2. The molecule has 1 saturated heterocycles. The normalized spacial score (nSPS) is 15.3. The van der Waals surface area contributed by atoms with Gasteiger partial charge in [-0.2, -0.15) is 0 Å². The van der Waals surface area contributed by atoms with Gasteiger partial charge in [-0.3, -0.25) is 9.59 Å². The highest BCUT2D eigenvalue weighted by Crippen LogP contribution is 2.18. The number of carbonyl (C=O) groups is 3. The van der Waals surface area contributed by atoms with E-state index in [1.165, 1.54) is 4.90 Å².